The van der Waals surface area contributed by atoms with Crippen molar-refractivity contribution in [1.29, 1.82) is 0 Å². The number of pyridine rings is 1. The second-order valence-electron chi connectivity index (χ2n) is 4.38. The van der Waals surface area contributed by atoms with Gasteiger partial charge >= 0.3 is 0 Å². The summed E-state index contributed by atoms with van der Waals surface area (Å²) in [6, 6.07) is 12.2. The van der Waals surface area contributed by atoms with Crippen LogP contribution in [0.3, 0.4) is 0 Å². The van der Waals surface area contributed by atoms with Gasteiger partial charge in [0.1, 0.15) is 11.9 Å². The van der Waals surface area contributed by atoms with Gasteiger partial charge in [-0.25, -0.2) is 4.98 Å². The molecule has 0 N–H and O–H groups in total. The van der Waals surface area contributed by atoms with E-state index in [1.165, 1.54) is 5.56 Å². The summed E-state index contributed by atoms with van der Waals surface area (Å²) >= 11 is 0. The monoisotopic (exact) mass is 238 g/mol. The molecule has 1 aromatic carbocycles. The summed E-state index contributed by atoms with van der Waals surface area (Å²) in [6.07, 6.45) is 5.41. The van der Waals surface area contributed by atoms with Gasteiger partial charge in [-0.2, -0.15) is 0 Å². The van der Waals surface area contributed by atoms with Crippen molar-refractivity contribution < 1.29 is 4.79 Å². The predicted octanol–water partition coefficient (Wildman–Crippen LogP) is 3.01. The van der Waals surface area contributed by atoms with E-state index in [-0.39, 0.29) is 0 Å². The number of aromatic nitrogens is 2. The Labute approximate surface area is 105 Å². The molecule has 0 amide bonds. The zero-order chi connectivity index (χ0) is 12.4. The van der Waals surface area contributed by atoms with Crippen LogP contribution in [0.5, 0.6) is 0 Å². The molecular formula is C15H14N2O. The fourth-order valence-electron chi connectivity index (χ4n) is 2.32. The van der Waals surface area contributed by atoms with Crippen LogP contribution in [0.1, 0.15) is 18.4 Å². The molecule has 3 rings (SSSR count). The smallest absolute Gasteiger partial charge is 0.137 e. The number of hydrogen-bond acceptors (Lipinski definition) is 2. The Morgan fingerprint density at radius 2 is 2.11 bits per heavy atom. The van der Waals surface area contributed by atoms with Crippen LogP contribution in [0.25, 0.3) is 16.7 Å². The lowest BCUT2D eigenvalue weighted by atomic mass is 10.1. The number of fused-ring (bicyclic) bond motifs is 3. The van der Waals surface area contributed by atoms with Crippen molar-refractivity contribution >= 4 is 23.0 Å². The maximum atomic E-state index is 10.4. The number of nitrogens with zero attached hydrogens (tertiary/aromatic N) is 2. The fraction of sp³-hybridized carbons (Fsp3) is 0.200. The second-order valence-corrected chi connectivity index (χ2v) is 4.38. The zero-order valence-corrected chi connectivity index (χ0v) is 10.0. The highest BCUT2D eigenvalue weighted by molar-refractivity contribution is 5.83. The first-order valence-electron chi connectivity index (χ1n) is 6.18. The van der Waals surface area contributed by atoms with E-state index in [1.54, 1.807) is 0 Å². The number of rotatable bonds is 4. The molecule has 0 bridgehead atoms. The Morgan fingerprint density at radius 3 is 3.00 bits per heavy atom. The zero-order valence-electron chi connectivity index (χ0n) is 10.0. The normalized spacial score (nSPS) is 11.1. The van der Waals surface area contributed by atoms with Gasteiger partial charge in [0.15, 0.2) is 0 Å². The van der Waals surface area contributed by atoms with Gasteiger partial charge in [-0.1, -0.05) is 18.2 Å². The highest BCUT2D eigenvalue weighted by atomic mass is 16.1. The maximum absolute atomic E-state index is 10.4. The summed E-state index contributed by atoms with van der Waals surface area (Å²) in [5.74, 6) is 0. The number of carbonyl (C=O) groups is 1. The first-order chi connectivity index (χ1) is 8.90. The van der Waals surface area contributed by atoms with Crippen molar-refractivity contribution in [1.82, 2.24) is 9.38 Å². The minimum absolute atomic E-state index is 0.615. The largest absolute Gasteiger partial charge is 0.303 e. The molecule has 0 aliphatic rings. The van der Waals surface area contributed by atoms with Gasteiger partial charge in [-0.15, -0.1) is 0 Å². The van der Waals surface area contributed by atoms with E-state index in [4.69, 9.17) is 0 Å². The van der Waals surface area contributed by atoms with Crippen LogP contribution < -0.4 is 0 Å². The first kappa shape index (κ1) is 11.0. The quantitative estimate of drug-likeness (QED) is 0.517. The van der Waals surface area contributed by atoms with Gasteiger partial charge in [-0.3, -0.25) is 4.40 Å². The molecule has 0 fully saturated rings. The van der Waals surface area contributed by atoms with E-state index in [0.717, 1.165) is 35.8 Å². The van der Waals surface area contributed by atoms with Crippen molar-refractivity contribution in [2.45, 2.75) is 19.3 Å². The number of carbonyl (C=O) groups excluding carboxylic acids is 1. The molecular weight excluding hydrogens is 224 g/mol. The molecule has 0 radical (unpaired) electrons. The second kappa shape index (κ2) is 4.61. The minimum atomic E-state index is 0.615. The van der Waals surface area contributed by atoms with Crippen LogP contribution in [0.4, 0.5) is 0 Å². The highest BCUT2D eigenvalue weighted by Crippen LogP contribution is 2.21. The third-order valence-electron chi connectivity index (χ3n) is 3.19. The third kappa shape index (κ3) is 1.78. The van der Waals surface area contributed by atoms with Gasteiger partial charge in [0.05, 0.1) is 11.0 Å². The lowest BCUT2D eigenvalue weighted by molar-refractivity contribution is -0.107. The summed E-state index contributed by atoms with van der Waals surface area (Å²) in [4.78, 5) is 15.0. The maximum Gasteiger partial charge on any atom is 0.137 e. The summed E-state index contributed by atoms with van der Waals surface area (Å²) in [7, 11) is 0. The van der Waals surface area contributed by atoms with Gasteiger partial charge in [0, 0.05) is 12.6 Å². The van der Waals surface area contributed by atoms with Crippen LogP contribution in [0.15, 0.2) is 42.6 Å². The SMILES string of the molecule is O=CCCCc1cccc2c1nc1ccccn12. The van der Waals surface area contributed by atoms with Crippen LogP contribution >= 0.6 is 0 Å². The molecule has 0 saturated carbocycles. The van der Waals surface area contributed by atoms with Crippen molar-refractivity contribution in [2.75, 3.05) is 0 Å². The number of aldehydes is 1. The van der Waals surface area contributed by atoms with Crippen molar-refractivity contribution in [3.05, 3.63) is 48.2 Å². The molecule has 3 heteroatoms. The number of benzene rings is 1. The van der Waals surface area contributed by atoms with Crippen molar-refractivity contribution in [2.24, 2.45) is 0 Å². The molecule has 0 unspecified atom stereocenters. The van der Waals surface area contributed by atoms with Crippen molar-refractivity contribution in [3.63, 3.8) is 0 Å². The standard InChI is InChI=1S/C15H14N2O/c18-11-4-2-6-12-7-5-8-13-15(12)16-14-9-1-3-10-17(13)14/h1,3,5,7-11H,2,4,6H2. The number of unbranched alkanes of at least 4 members (excludes halogenated alkanes) is 1. The van der Waals surface area contributed by atoms with E-state index in [9.17, 15) is 4.79 Å². The van der Waals surface area contributed by atoms with Crippen molar-refractivity contribution in [3.8, 4) is 0 Å². The Hall–Kier alpha value is -2.16. The fourth-order valence-corrected chi connectivity index (χ4v) is 2.32. The Morgan fingerprint density at radius 1 is 1.17 bits per heavy atom. The van der Waals surface area contributed by atoms with Crippen LogP contribution in [-0.4, -0.2) is 15.7 Å². The number of hydrogen-bond donors (Lipinski definition) is 0. The third-order valence-corrected chi connectivity index (χ3v) is 3.19. The average molecular weight is 238 g/mol. The Bertz CT molecular complexity index is 700. The number of para-hydroxylation sites is 1. The molecule has 0 aliphatic heterocycles. The molecule has 2 heterocycles. The van der Waals surface area contributed by atoms with E-state index in [2.05, 4.69) is 27.6 Å². The van der Waals surface area contributed by atoms with Gasteiger partial charge < -0.3 is 4.79 Å². The molecule has 0 saturated heterocycles. The van der Waals surface area contributed by atoms with Gasteiger partial charge in [0.2, 0.25) is 0 Å². The summed E-state index contributed by atoms with van der Waals surface area (Å²) in [5.41, 5.74) is 4.37. The van der Waals surface area contributed by atoms with Crippen LogP contribution in [-0.2, 0) is 11.2 Å². The molecule has 0 atom stereocenters. The molecule has 0 aliphatic carbocycles. The summed E-state index contributed by atoms with van der Waals surface area (Å²) in [6.45, 7) is 0. The topological polar surface area (TPSA) is 34.4 Å². The highest BCUT2D eigenvalue weighted by Gasteiger charge is 2.07. The summed E-state index contributed by atoms with van der Waals surface area (Å²) < 4.78 is 2.10. The Balaban J connectivity index is 2.12. The van der Waals surface area contributed by atoms with Gasteiger partial charge in [0.25, 0.3) is 0 Å². The molecule has 3 nitrogen and oxygen atoms in total. The van der Waals surface area contributed by atoms with E-state index >= 15 is 0 Å². The molecule has 18 heavy (non-hydrogen) atoms. The summed E-state index contributed by atoms with van der Waals surface area (Å²) in [5, 5.41) is 0. The van der Waals surface area contributed by atoms with Gasteiger partial charge in [-0.05, 0) is 36.6 Å². The lowest BCUT2D eigenvalue weighted by Crippen LogP contribution is -1.88. The molecule has 2 aromatic heterocycles. The number of aryl methyl sites for hydroxylation is 1. The van der Waals surface area contributed by atoms with E-state index < -0.39 is 0 Å². The molecule has 0 spiro atoms. The first-order valence-corrected chi connectivity index (χ1v) is 6.18. The number of imidazole rings is 1. The minimum Gasteiger partial charge on any atom is -0.303 e. The Kier molecular flexibility index (Phi) is 2.81. The predicted molar refractivity (Wildman–Crippen MR) is 71.7 cm³/mol. The lowest BCUT2D eigenvalue weighted by Gasteiger charge is -2.00. The van der Waals surface area contributed by atoms with Crippen LogP contribution in [0, 0.1) is 0 Å². The van der Waals surface area contributed by atoms with Crippen LogP contribution in [0.2, 0.25) is 0 Å². The molecule has 3 aromatic rings. The van der Waals surface area contributed by atoms with E-state index in [0.29, 0.717) is 6.42 Å². The van der Waals surface area contributed by atoms with E-state index in [1.807, 2.05) is 24.4 Å². The average Bonchev–Trinajstić information content (AvgIpc) is 2.79. The molecule has 90 valence electrons.